The molecule has 3 heteroatoms. The molecule has 2 atom stereocenters. The monoisotopic (exact) mass is 187 g/mol. The SMILES string of the molecule is CCC(C)OCC(CO)NC1CC1. The van der Waals surface area contributed by atoms with Gasteiger partial charge < -0.3 is 15.2 Å². The molecule has 13 heavy (non-hydrogen) atoms. The molecule has 0 aliphatic heterocycles. The largest absolute Gasteiger partial charge is 0.395 e. The molecule has 2 unspecified atom stereocenters. The molecular weight excluding hydrogens is 166 g/mol. The van der Waals surface area contributed by atoms with E-state index < -0.39 is 0 Å². The van der Waals surface area contributed by atoms with Gasteiger partial charge in [-0.1, -0.05) is 6.92 Å². The van der Waals surface area contributed by atoms with Crippen LogP contribution >= 0.6 is 0 Å². The van der Waals surface area contributed by atoms with Crippen molar-refractivity contribution in [2.24, 2.45) is 0 Å². The summed E-state index contributed by atoms with van der Waals surface area (Å²) in [6.45, 7) is 4.97. The summed E-state index contributed by atoms with van der Waals surface area (Å²) in [5.74, 6) is 0. The predicted octanol–water partition coefficient (Wildman–Crippen LogP) is 0.914. The Morgan fingerprint density at radius 1 is 1.54 bits per heavy atom. The molecule has 0 spiro atoms. The van der Waals surface area contributed by atoms with E-state index in [9.17, 15) is 0 Å². The molecule has 3 nitrogen and oxygen atoms in total. The van der Waals surface area contributed by atoms with Gasteiger partial charge in [0.25, 0.3) is 0 Å². The van der Waals surface area contributed by atoms with Gasteiger partial charge in [0.2, 0.25) is 0 Å². The van der Waals surface area contributed by atoms with Crippen molar-refractivity contribution in [3.63, 3.8) is 0 Å². The summed E-state index contributed by atoms with van der Waals surface area (Å²) in [5.41, 5.74) is 0. The normalized spacial score (nSPS) is 21.5. The van der Waals surface area contributed by atoms with E-state index >= 15 is 0 Å². The van der Waals surface area contributed by atoms with Gasteiger partial charge in [-0.3, -0.25) is 0 Å². The fourth-order valence-electron chi connectivity index (χ4n) is 1.14. The van der Waals surface area contributed by atoms with Crippen molar-refractivity contribution >= 4 is 0 Å². The summed E-state index contributed by atoms with van der Waals surface area (Å²) in [6, 6.07) is 0.763. The summed E-state index contributed by atoms with van der Waals surface area (Å²) in [5, 5.41) is 12.4. The molecule has 0 aromatic rings. The fraction of sp³-hybridized carbons (Fsp3) is 1.00. The van der Waals surface area contributed by atoms with Crippen LogP contribution in [0, 0.1) is 0 Å². The standard InChI is InChI=1S/C10H21NO2/c1-3-8(2)13-7-10(6-12)11-9-4-5-9/h8-12H,3-7H2,1-2H3. The molecule has 0 heterocycles. The second kappa shape index (κ2) is 5.58. The second-order valence-corrected chi connectivity index (χ2v) is 3.87. The minimum absolute atomic E-state index is 0.126. The van der Waals surface area contributed by atoms with Crippen LogP contribution in [0.15, 0.2) is 0 Å². The molecule has 1 rings (SSSR count). The number of nitrogens with one attached hydrogen (secondary N) is 1. The number of ether oxygens (including phenoxy) is 1. The van der Waals surface area contributed by atoms with Crippen molar-refractivity contribution in [2.75, 3.05) is 13.2 Å². The third kappa shape index (κ3) is 4.60. The first-order valence-corrected chi connectivity index (χ1v) is 5.24. The van der Waals surface area contributed by atoms with Crippen LogP contribution in [-0.2, 0) is 4.74 Å². The summed E-state index contributed by atoms with van der Waals surface area (Å²) < 4.78 is 5.55. The Morgan fingerprint density at radius 2 is 2.23 bits per heavy atom. The van der Waals surface area contributed by atoms with Crippen molar-refractivity contribution in [3.05, 3.63) is 0 Å². The number of aliphatic hydroxyl groups excluding tert-OH is 1. The van der Waals surface area contributed by atoms with Crippen LogP contribution in [0.5, 0.6) is 0 Å². The third-order valence-corrected chi connectivity index (χ3v) is 2.43. The highest BCUT2D eigenvalue weighted by Gasteiger charge is 2.24. The minimum Gasteiger partial charge on any atom is -0.395 e. The maximum Gasteiger partial charge on any atom is 0.0645 e. The molecule has 1 aliphatic carbocycles. The molecule has 1 saturated carbocycles. The van der Waals surface area contributed by atoms with Gasteiger partial charge in [0.15, 0.2) is 0 Å². The van der Waals surface area contributed by atoms with Crippen molar-refractivity contribution < 1.29 is 9.84 Å². The van der Waals surface area contributed by atoms with Crippen molar-refractivity contribution in [3.8, 4) is 0 Å². The van der Waals surface area contributed by atoms with Gasteiger partial charge in [-0.25, -0.2) is 0 Å². The van der Waals surface area contributed by atoms with Crippen LogP contribution < -0.4 is 5.32 Å². The van der Waals surface area contributed by atoms with Gasteiger partial charge in [0.1, 0.15) is 0 Å². The van der Waals surface area contributed by atoms with Gasteiger partial charge in [0.05, 0.1) is 25.4 Å². The van der Waals surface area contributed by atoms with E-state index in [1.807, 2.05) is 0 Å². The van der Waals surface area contributed by atoms with Crippen molar-refractivity contribution in [1.29, 1.82) is 0 Å². The Hall–Kier alpha value is -0.120. The van der Waals surface area contributed by atoms with E-state index in [1.54, 1.807) is 0 Å². The highest BCUT2D eigenvalue weighted by Crippen LogP contribution is 2.19. The highest BCUT2D eigenvalue weighted by molar-refractivity contribution is 4.84. The van der Waals surface area contributed by atoms with Crippen LogP contribution in [-0.4, -0.2) is 36.5 Å². The van der Waals surface area contributed by atoms with Crippen LogP contribution in [0.1, 0.15) is 33.1 Å². The Labute approximate surface area is 80.5 Å². The number of aliphatic hydroxyl groups is 1. The zero-order valence-electron chi connectivity index (χ0n) is 8.62. The molecule has 0 aromatic heterocycles. The smallest absolute Gasteiger partial charge is 0.0645 e. The number of rotatable bonds is 7. The summed E-state index contributed by atoms with van der Waals surface area (Å²) >= 11 is 0. The lowest BCUT2D eigenvalue weighted by Gasteiger charge is -2.18. The van der Waals surface area contributed by atoms with E-state index in [0.717, 1.165) is 6.42 Å². The minimum atomic E-state index is 0.126. The average Bonchev–Trinajstić information content (AvgIpc) is 2.95. The van der Waals surface area contributed by atoms with Crippen molar-refractivity contribution in [1.82, 2.24) is 5.32 Å². The lowest BCUT2D eigenvalue weighted by molar-refractivity contribution is 0.0350. The van der Waals surface area contributed by atoms with Gasteiger partial charge >= 0.3 is 0 Å². The van der Waals surface area contributed by atoms with Crippen molar-refractivity contribution in [2.45, 2.75) is 51.3 Å². The zero-order chi connectivity index (χ0) is 9.68. The molecule has 0 saturated heterocycles. The molecule has 2 N–H and O–H groups in total. The van der Waals surface area contributed by atoms with E-state index in [2.05, 4.69) is 19.2 Å². The van der Waals surface area contributed by atoms with Crippen LogP contribution in [0.4, 0.5) is 0 Å². The molecule has 1 fully saturated rings. The van der Waals surface area contributed by atoms with Crippen LogP contribution in [0.25, 0.3) is 0 Å². The summed E-state index contributed by atoms with van der Waals surface area (Å²) in [4.78, 5) is 0. The van der Waals surface area contributed by atoms with Gasteiger partial charge in [-0.2, -0.15) is 0 Å². The molecule has 0 amide bonds. The molecular formula is C10H21NO2. The maximum atomic E-state index is 9.05. The quantitative estimate of drug-likeness (QED) is 0.622. The molecule has 0 aromatic carbocycles. The molecule has 1 aliphatic rings. The second-order valence-electron chi connectivity index (χ2n) is 3.87. The first kappa shape index (κ1) is 11.0. The zero-order valence-corrected chi connectivity index (χ0v) is 8.62. The number of hydrogen-bond donors (Lipinski definition) is 2. The van der Waals surface area contributed by atoms with E-state index in [0.29, 0.717) is 18.8 Å². The molecule has 0 bridgehead atoms. The Morgan fingerprint density at radius 3 is 2.69 bits per heavy atom. The van der Waals surface area contributed by atoms with Crippen LogP contribution in [0.3, 0.4) is 0 Å². The van der Waals surface area contributed by atoms with E-state index in [1.165, 1.54) is 12.8 Å². The fourth-order valence-corrected chi connectivity index (χ4v) is 1.14. The topological polar surface area (TPSA) is 41.5 Å². The van der Waals surface area contributed by atoms with Gasteiger partial charge in [-0.15, -0.1) is 0 Å². The highest BCUT2D eigenvalue weighted by atomic mass is 16.5. The lowest BCUT2D eigenvalue weighted by Crippen LogP contribution is -2.39. The first-order chi connectivity index (χ1) is 6.26. The van der Waals surface area contributed by atoms with Gasteiger partial charge in [0, 0.05) is 6.04 Å². The lowest BCUT2D eigenvalue weighted by atomic mass is 10.3. The third-order valence-electron chi connectivity index (χ3n) is 2.43. The van der Waals surface area contributed by atoms with Gasteiger partial charge in [-0.05, 0) is 26.2 Å². The maximum absolute atomic E-state index is 9.05. The van der Waals surface area contributed by atoms with E-state index in [-0.39, 0.29) is 12.6 Å². The molecule has 0 radical (unpaired) electrons. The van der Waals surface area contributed by atoms with Crippen LogP contribution in [0.2, 0.25) is 0 Å². The summed E-state index contributed by atoms with van der Waals surface area (Å²) in [6.07, 6.45) is 3.83. The van der Waals surface area contributed by atoms with E-state index in [4.69, 9.17) is 9.84 Å². The average molecular weight is 187 g/mol. The Balaban J connectivity index is 2.07. The molecule has 78 valence electrons. The summed E-state index contributed by atoms with van der Waals surface area (Å²) in [7, 11) is 0. The Kier molecular flexibility index (Phi) is 4.70. The number of hydrogen-bond acceptors (Lipinski definition) is 3. The Bertz CT molecular complexity index is 137. The predicted molar refractivity (Wildman–Crippen MR) is 52.7 cm³/mol. The first-order valence-electron chi connectivity index (χ1n) is 5.24.